The fraction of sp³-hybridized carbons (Fsp3) is 0.426. The van der Waals surface area contributed by atoms with Gasteiger partial charge in [-0.15, -0.1) is 11.8 Å². The van der Waals surface area contributed by atoms with E-state index in [0.717, 1.165) is 86.7 Å². The minimum atomic E-state index is -5.29. The Bertz CT molecular complexity index is 2480. The molecule has 1 amide bonds. The fourth-order valence-corrected chi connectivity index (χ4v) is 11.6. The van der Waals surface area contributed by atoms with Crippen LogP contribution < -0.4 is 14.9 Å². The average molecular weight is 957 g/mol. The van der Waals surface area contributed by atoms with E-state index in [1.165, 1.54) is 46.7 Å². The number of rotatable bonds is 17. The Morgan fingerprint density at radius 2 is 1.55 bits per heavy atom. The zero-order chi connectivity index (χ0) is 45.5. The molecular weight excluding hydrogens is 900 g/mol. The topological polar surface area (TPSA) is 128 Å². The number of carbonyl (C=O) groups is 1. The normalized spacial score (nSPS) is 18.2. The molecule has 2 aliphatic heterocycles. The Morgan fingerprint density at radius 3 is 2.22 bits per heavy atom. The lowest BCUT2D eigenvalue weighted by Gasteiger charge is -2.39. The number of sulfonamides is 1. The highest BCUT2D eigenvalue weighted by Gasteiger charge is 2.33. The molecule has 344 valence electrons. The van der Waals surface area contributed by atoms with Gasteiger partial charge in [0, 0.05) is 85.3 Å². The molecule has 4 aromatic rings. The number of sulfone groups is 1. The van der Waals surface area contributed by atoms with Crippen molar-refractivity contribution in [3.63, 3.8) is 0 Å². The van der Waals surface area contributed by atoms with E-state index in [-0.39, 0.29) is 22.7 Å². The molecule has 1 aliphatic carbocycles. The van der Waals surface area contributed by atoms with Gasteiger partial charge in [-0.1, -0.05) is 61.4 Å². The van der Waals surface area contributed by atoms with Crippen LogP contribution in [0.1, 0.15) is 55.5 Å². The number of anilines is 2. The van der Waals surface area contributed by atoms with Gasteiger partial charge in [0.2, 0.25) is 9.84 Å². The standard InChI is InChI=1S/C47H56ClF2N5O6S3/c1-47(2)20-18-42(34-8-12-37(48)13-9-34)36(31-47)32-54-22-24-55(25-23-54)39-14-10-35(11-15-39)45(56)52-64(59,60)41-16-17-43(44(30-41)63(57,58)46(49)50)51-38(19-21-53-26-28-61-29-27-53)33-62-40-6-4-3-5-7-40/h3-17,30,38,46,51H,18-29,31-33H2,1-2H3,(H,52,56). The van der Waals surface area contributed by atoms with Gasteiger partial charge >= 0.3 is 5.76 Å². The average Bonchev–Trinajstić information content (AvgIpc) is 3.28. The number of halogens is 3. The third-order valence-electron chi connectivity index (χ3n) is 12.1. The number of hydrogen-bond acceptors (Lipinski definition) is 11. The minimum absolute atomic E-state index is 0.0604. The smallest absolute Gasteiger partial charge is 0.341 e. The summed E-state index contributed by atoms with van der Waals surface area (Å²) >= 11 is 7.72. The van der Waals surface area contributed by atoms with Gasteiger partial charge in [0.25, 0.3) is 15.9 Å². The number of carbonyl (C=O) groups excluding carboxylic acids is 1. The van der Waals surface area contributed by atoms with E-state index in [1.807, 2.05) is 47.2 Å². The number of alkyl halides is 2. The van der Waals surface area contributed by atoms with Crippen LogP contribution >= 0.6 is 23.4 Å². The van der Waals surface area contributed by atoms with Crippen molar-refractivity contribution in [2.24, 2.45) is 5.41 Å². The molecular formula is C47H56ClF2N5O6S3. The quantitative estimate of drug-likeness (QED) is 0.0989. The molecule has 0 radical (unpaired) electrons. The molecule has 2 N–H and O–H groups in total. The van der Waals surface area contributed by atoms with Crippen LogP contribution in [0.3, 0.4) is 0 Å². The first-order chi connectivity index (χ1) is 30.6. The van der Waals surface area contributed by atoms with Gasteiger partial charge in [-0.3, -0.25) is 14.6 Å². The lowest BCUT2D eigenvalue weighted by Crippen LogP contribution is -2.47. The SMILES string of the molecule is CC1(C)CCC(c2ccc(Cl)cc2)=C(CN2CCN(c3ccc(C(=O)NS(=O)(=O)c4ccc(NC(CCN5CCOCC5)CSc5ccccc5)c(S(=O)(=O)C(F)F)c4)cc3)CC2)C1. The molecule has 11 nitrogen and oxygen atoms in total. The largest absolute Gasteiger partial charge is 0.380 e. The van der Waals surface area contributed by atoms with E-state index >= 15 is 0 Å². The van der Waals surface area contributed by atoms with Crippen molar-refractivity contribution < 1.29 is 35.1 Å². The zero-order valence-electron chi connectivity index (χ0n) is 36.1. The molecule has 1 unspecified atom stereocenters. The number of allylic oxidation sites excluding steroid dienone is 1. The van der Waals surface area contributed by atoms with Crippen LogP contribution in [0, 0.1) is 5.41 Å². The van der Waals surface area contributed by atoms with E-state index < -0.39 is 41.3 Å². The van der Waals surface area contributed by atoms with E-state index in [4.69, 9.17) is 16.3 Å². The maximum absolute atomic E-state index is 14.2. The van der Waals surface area contributed by atoms with Crippen LogP contribution in [0.4, 0.5) is 20.2 Å². The van der Waals surface area contributed by atoms with E-state index in [1.54, 1.807) is 12.1 Å². The van der Waals surface area contributed by atoms with E-state index in [2.05, 4.69) is 46.0 Å². The number of piperazine rings is 1. The van der Waals surface area contributed by atoms with Gasteiger partial charge in [-0.2, -0.15) is 8.78 Å². The summed E-state index contributed by atoms with van der Waals surface area (Å²) in [5, 5.41) is 3.87. The summed E-state index contributed by atoms with van der Waals surface area (Å²) < 4.78 is 89.2. The Morgan fingerprint density at radius 1 is 0.859 bits per heavy atom. The zero-order valence-corrected chi connectivity index (χ0v) is 39.4. The Balaban J connectivity index is 1.00. The molecule has 0 aromatic heterocycles. The summed E-state index contributed by atoms with van der Waals surface area (Å²) in [6, 6.07) is 26.9. The van der Waals surface area contributed by atoms with Gasteiger partial charge in [-0.05, 0) is 109 Å². The highest BCUT2D eigenvalue weighted by atomic mass is 35.5. The van der Waals surface area contributed by atoms with E-state index in [9.17, 15) is 30.4 Å². The summed E-state index contributed by atoms with van der Waals surface area (Å²) in [6.07, 6.45) is 3.74. The number of thioether (sulfide) groups is 1. The fourth-order valence-electron chi connectivity index (χ4n) is 8.48. The molecule has 0 bridgehead atoms. The Hall–Kier alpha value is -4.03. The van der Waals surface area contributed by atoms with Gasteiger partial charge in [-0.25, -0.2) is 21.6 Å². The first-order valence-electron chi connectivity index (χ1n) is 21.6. The molecule has 64 heavy (non-hydrogen) atoms. The van der Waals surface area contributed by atoms with E-state index in [0.29, 0.717) is 38.0 Å². The van der Waals surface area contributed by atoms with Crippen molar-refractivity contribution in [1.29, 1.82) is 0 Å². The second-order valence-corrected chi connectivity index (χ2v) is 22.4. The molecule has 0 spiro atoms. The maximum atomic E-state index is 14.2. The van der Waals surface area contributed by atoms with Gasteiger partial charge in [0.05, 0.1) is 28.7 Å². The van der Waals surface area contributed by atoms with Gasteiger partial charge < -0.3 is 15.0 Å². The molecule has 1 atom stereocenters. The van der Waals surface area contributed by atoms with Crippen molar-refractivity contribution in [3.8, 4) is 0 Å². The molecule has 0 saturated carbocycles. The lowest BCUT2D eigenvalue weighted by atomic mass is 9.73. The molecule has 2 saturated heterocycles. The summed E-state index contributed by atoms with van der Waals surface area (Å²) in [5.41, 5.74) is 5.13. The minimum Gasteiger partial charge on any atom is -0.380 e. The number of ether oxygens (including phenoxy) is 1. The van der Waals surface area contributed by atoms with Crippen LogP contribution in [-0.4, -0.2) is 116 Å². The summed E-state index contributed by atoms with van der Waals surface area (Å²) in [7, 11) is -9.98. The molecule has 3 aliphatic rings. The second-order valence-electron chi connectivity index (χ2n) is 17.3. The molecule has 2 fully saturated rings. The van der Waals surface area contributed by atoms with Crippen LogP contribution in [0.25, 0.3) is 5.57 Å². The van der Waals surface area contributed by atoms with Crippen molar-refractivity contribution >= 4 is 66.1 Å². The van der Waals surface area contributed by atoms with Crippen LogP contribution in [0.15, 0.2) is 117 Å². The first kappa shape index (κ1) is 47.9. The number of nitrogens with zero attached hydrogens (tertiary/aromatic N) is 3. The second kappa shape index (κ2) is 21.1. The van der Waals surface area contributed by atoms with Crippen molar-refractivity contribution in [2.45, 2.75) is 66.0 Å². The Labute approximate surface area is 385 Å². The molecule has 2 heterocycles. The van der Waals surface area contributed by atoms with Crippen molar-refractivity contribution in [1.82, 2.24) is 14.5 Å². The van der Waals surface area contributed by atoms with Gasteiger partial charge in [0.1, 0.15) is 0 Å². The van der Waals surface area contributed by atoms with Crippen molar-refractivity contribution in [2.75, 3.05) is 81.5 Å². The van der Waals surface area contributed by atoms with Gasteiger partial charge in [0.15, 0.2) is 0 Å². The summed E-state index contributed by atoms with van der Waals surface area (Å²) in [6.45, 7) is 12.1. The van der Waals surface area contributed by atoms with Crippen molar-refractivity contribution in [3.05, 3.63) is 119 Å². The highest BCUT2D eigenvalue weighted by Crippen LogP contribution is 2.43. The third-order valence-corrected chi connectivity index (χ3v) is 16.3. The summed E-state index contributed by atoms with van der Waals surface area (Å²) in [5.74, 6) is -4.29. The number of amides is 1. The predicted molar refractivity (Wildman–Crippen MR) is 252 cm³/mol. The molecule has 4 aromatic carbocycles. The lowest BCUT2D eigenvalue weighted by molar-refractivity contribution is 0.0370. The maximum Gasteiger partial charge on any atom is 0.341 e. The molecule has 17 heteroatoms. The van der Waals surface area contributed by atoms with Crippen LogP contribution in [-0.2, 0) is 24.6 Å². The van der Waals surface area contributed by atoms with Crippen LogP contribution in [0.2, 0.25) is 5.02 Å². The third kappa shape index (κ3) is 12.4. The highest BCUT2D eigenvalue weighted by molar-refractivity contribution is 7.99. The monoisotopic (exact) mass is 955 g/mol. The number of nitrogens with one attached hydrogen (secondary N) is 2. The molecule has 7 rings (SSSR count). The van der Waals surface area contributed by atoms with Crippen LogP contribution in [0.5, 0.6) is 0 Å². The number of morpholine rings is 1. The number of hydrogen-bond donors (Lipinski definition) is 2. The number of benzene rings is 4. The predicted octanol–water partition coefficient (Wildman–Crippen LogP) is 8.54. The summed E-state index contributed by atoms with van der Waals surface area (Å²) in [4.78, 5) is 19.7. The Kier molecular flexibility index (Phi) is 15.8. The first-order valence-corrected chi connectivity index (χ1v) is 26.0.